The zero-order chi connectivity index (χ0) is 24.5. The van der Waals surface area contributed by atoms with Gasteiger partial charge in [-0.2, -0.15) is 0 Å². The van der Waals surface area contributed by atoms with Gasteiger partial charge >= 0.3 is 5.97 Å². The van der Waals surface area contributed by atoms with E-state index in [1.54, 1.807) is 17.2 Å². The van der Waals surface area contributed by atoms with Gasteiger partial charge in [-0.3, -0.25) is 14.4 Å². The summed E-state index contributed by atoms with van der Waals surface area (Å²) in [5.41, 5.74) is 2.06. The number of rotatable bonds is 3. The van der Waals surface area contributed by atoms with Crippen LogP contribution in [-0.2, 0) is 19.1 Å². The summed E-state index contributed by atoms with van der Waals surface area (Å²) in [4.78, 5) is 31.1. The average Bonchev–Trinajstić information content (AvgIpc) is 3.16. The van der Waals surface area contributed by atoms with Crippen molar-refractivity contribution in [2.24, 2.45) is 0 Å². The SMILES string of the molecule is C=CN1CCCC1=O.C=COC(C)=O.CC(=O)O.Clc1cccc(-c2ccccc2)c1Cl. The van der Waals surface area contributed by atoms with Crippen molar-refractivity contribution in [3.05, 3.63) is 84.2 Å². The molecule has 1 amide bonds. The molecule has 1 heterocycles. The molecule has 8 heteroatoms. The summed E-state index contributed by atoms with van der Waals surface area (Å²) in [6.45, 7) is 9.92. The maximum absolute atomic E-state index is 10.7. The first kappa shape index (κ1) is 28.9. The van der Waals surface area contributed by atoms with Gasteiger partial charge in [0.2, 0.25) is 5.91 Å². The molecular weight excluding hydrogens is 453 g/mol. The summed E-state index contributed by atoms with van der Waals surface area (Å²) in [7, 11) is 0. The lowest BCUT2D eigenvalue weighted by molar-refractivity contribution is -0.136. The Morgan fingerprint density at radius 2 is 1.66 bits per heavy atom. The summed E-state index contributed by atoms with van der Waals surface area (Å²) in [6, 6.07) is 15.6. The number of likely N-dealkylation sites (tertiary alicyclic amines) is 1. The number of aliphatic carboxylic acids is 1. The maximum Gasteiger partial charge on any atom is 0.307 e. The minimum atomic E-state index is -0.833. The normalized spacial score (nSPS) is 11.4. The molecule has 0 spiro atoms. The van der Waals surface area contributed by atoms with Gasteiger partial charge < -0.3 is 14.7 Å². The third-order valence-electron chi connectivity index (χ3n) is 3.62. The van der Waals surface area contributed by atoms with E-state index >= 15 is 0 Å². The van der Waals surface area contributed by atoms with Gasteiger partial charge in [-0.05, 0) is 24.3 Å². The molecular formula is C24H27Cl2NO5. The van der Waals surface area contributed by atoms with Gasteiger partial charge in [-0.15, -0.1) is 0 Å². The van der Waals surface area contributed by atoms with Crippen LogP contribution in [0.3, 0.4) is 0 Å². The molecule has 1 fully saturated rings. The Balaban J connectivity index is 0.000000454. The molecule has 2 aromatic carbocycles. The van der Waals surface area contributed by atoms with Gasteiger partial charge in [0, 0.05) is 32.4 Å². The van der Waals surface area contributed by atoms with Crippen LogP contribution in [0.15, 0.2) is 74.2 Å². The summed E-state index contributed by atoms with van der Waals surface area (Å²) in [6.07, 6.45) is 4.38. The van der Waals surface area contributed by atoms with E-state index in [4.69, 9.17) is 33.1 Å². The molecule has 172 valence electrons. The first-order valence-electron chi connectivity index (χ1n) is 9.53. The first-order chi connectivity index (χ1) is 15.1. The predicted octanol–water partition coefficient (Wildman–Crippen LogP) is 6.20. The van der Waals surface area contributed by atoms with Crippen molar-refractivity contribution in [3.8, 4) is 11.1 Å². The van der Waals surface area contributed by atoms with Crippen LogP contribution in [0.2, 0.25) is 10.0 Å². The van der Waals surface area contributed by atoms with Crippen LogP contribution >= 0.6 is 23.2 Å². The van der Waals surface area contributed by atoms with Crippen LogP contribution in [0.5, 0.6) is 0 Å². The quantitative estimate of drug-likeness (QED) is 0.418. The number of carboxylic acid groups (broad SMARTS) is 1. The van der Waals surface area contributed by atoms with Crippen molar-refractivity contribution in [1.29, 1.82) is 0 Å². The fraction of sp³-hybridized carbons (Fsp3) is 0.208. The second kappa shape index (κ2) is 16.6. The molecule has 0 saturated carbocycles. The van der Waals surface area contributed by atoms with Crippen molar-refractivity contribution in [2.75, 3.05) is 6.54 Å². The number of nitrogens with zero attached hydrogens (tertiary/aromatic N) is 1. The first-order valence-corrected chi connectivity index (χ1v) is 10.3. The standard InChI is InChI=1S/C12H8Cl2.C6H9NO.C4H6O2.C2H4O2/c13-11-8-4-7-10(12(11)14)9-5-2-1-3-6-9;1-2-7-5-3-4-6(7)8;1-3-6-4(2)5;1-2(3)4/h1-8H;2H,1,3-5H2;3H,1H2,2H3;1H3,(H,3,4). The van der Waals surface area contributed by atoms with Gasteiger partial charge in [0.05, 0.1) is 16.3 Å². The monoisotopic (exact) mass is 479 g/mol. The van der Waals surface area contributed by atoms with Crippen molar-refractivity contribution >= 4 is 41.0 Å². The number of esters is 1. The molecule has 1 aliphatic heterocycles. The average molecular weight is 480 g/mol. The van der Waals surface area contributed by atoms with Crippen LogP contribution in [0.25, 0.3) is 11.1 Å². The van der Waals surface area contributed by atoms with E-state index in [0.717, 1.165) is 37.3 Å². The lowest BCUT2D eigenvalue weighted by atomic mass is 10.1. The number of carboxylic acids is 1. The molecule has 0 aliphatic carbocycles. The topological polar surface area (TPSA) is 83.9 Å². The molecule has 0 aromatic heterocycles. The highest BCUT2D eigenvalue weighted by molar-refractivity contribution is 6.43. The number of ether oxygens (including phenoxy) is 1. The molecule has 0 atom stereocenters. The number of carbonyl (C=O) groups excluding carboxylic acids is 2. The second-order valence-corrected chi connectivity index (χ2v) is 6.92. The van der Waals surface area contributed by atoms with E-state index in [-0.39, 0.29) is 11.9 Å². The van der Waals surface area contributed by atoms with Crippen LogP contribution in [0.4, 0.5) is 0 Å². The Morgan fingerprint density at radius 3 is 2.03 bits per heavy atom. The highest BCUT2D eigenvalue weighted by atomic mass is 35.5. The third-order valence-corrected chi connectivity index (χ3v) is 4.43. The summed E-state index contributed by atoms with van der Waals surface area (Å²) in [5.74, 6) is -0.954. The number of halogens is 2. The minimum Gasteiger partial charge on any atom is -0.481 e. The predicted molar refractivity (Wildman–Crippen MR) is 128 cm³/mol. The highest BCUT2D eigenvalue weighted by Crippen LogP contribution is 2.32. The zero-order valence-corrected chi connectivity index (χ0v) is 19.6. The van der Waals surface area contributed by atoms with Crippen molar-refractivity contribution in [1.82, 2.24) is 4.90 Å². The number of benzene rings is 2. The van der Waals surface area contributed by atoms with Gasteiger partial charge in [-0.1, -0.05) is 78.8 Å². The number of hydrogen-bond acceptors (Lipinski definition) is 4. The Kier molecular flexibility index (Phi) is 15.0. The molecule has 0 bridgehead atoms. The molecule has 32 heavy (non-hydrogen) atoms. The lowest BCUT2D eigenvalue weighted by Crippen LogP contribution is -2.16. The van der Waals surface area contributed by atoms with Crippen LogP contribution in [0, 0.1) is 0 Å². The summed E-state index contributed by atoms with van der Waals surface area (Å²) >= 11 is 12.0. The van der Waals surface area contributed by atoms with Crippen LogP contribution < -0.4 is 0 Å². The van der Waals surface area contributed by atoms with Gasteiger partial charge in [-0.25, -0.2) is 0 Å². The number of amides is 1. The number of carbonyl (C=O) groups is 3. The summed E-state index contributed by atoms with van der Waals surface area (Å²) < 4.78 is 4.17. The molecule has 0 radical (unpaired) electrons. The van der Waals surface area contributed by atoms with E-state index in [2.05, 4.69) is 17.9 Å². The fourth-order valence-electron chi connectivity index (χ4n) is 2.32. The maximum atomic E-state index is 10.7. The molecule has 1 aliphatic rings. The molecule has 1 saturated heterocycles. The van der Waals surface area contributed by atoms with Crippen LogP contribution in [0.1, 0.15) is 26.7 Å². The van der Waals surface area contributed by atoms with E-state index in [0.29, 0.717) is 16.5 Å². The minimum absolute atomic E-state index is 0.208. The molecule has 3 rings (SSSR count). The van der Waals surface area contributed by atoms with Gasteiger partial charge in [0.15, 0.2) is 0 Å². The van der Waals surface area contributed by atoms with Crippen molar-refractivity contribution < 1.29 is 24.2 Å². The largest absolute Gasteiger partial charge is 0.481 e. The zero-order valence-electron chi connectivity index (χ0n) is 18.1. The Labute approximate surface area is 198 Å². The smallest absolute Gasteiger partial charge is 0.307 e. The van der Waals surface area contributed by atoms with Crippen LogP contribution in [-0.4, -0.2) is 34.4 Å². The van der Waals surface area contributed by atoms with E-state index in [1.165, 1.54) is 6.92 Å². The second-order valence-electron chi connectivity index (χ2n) is 6.14. The van der Waals surface area contributed by atoms with E-state index in [9.17, 15) is 9.59 Å². The fourth-order valence-corrected chi connectivity index (χ4v) is 2.73. The van der Waals surface area contributed by atoms with Crippen molar-refractivity contribution in [2.45, 2.75) is 26.7 Å². The molecule has 6 nitrogen and oxygen atoms in total. The molecule has 1 N–H and O–H groups in total. The lowest BCUT2D eigenvalue weighted by Gasteiger charge is -2.05. The third kappa shape index (κ3) is 12.6. The Hall–Kier alpha value is -3.09. The molecule has 2 aromatic rings. The summed E-state index contributed by atoms with van der Waals surface area (Å²) in [5, 5.41) is 8.62. The van der Waals surface area contributed by atoms with E-state index < -0.39 is 5.97 Å². The van der Waals surface area contributed by atoms with Crippen molar-refractivity contribution in [3.63, 3.8) is 0 Å². The Bertz CT molecular complexity index is 897. The number of hydrogen-bond donors (Lipinski definition) is 1. The van der Waals surface area contributed by atoms with E-state index in [1.807, 2.05) is 42.5 Å². The van der Waals surface area contributed by atoms with Gasteiger partial charge in [0.25, 0.3) is 5.97 Å². The Morgan fingerprint density at radius 1 is 1.06 bits per heavy atom. The van der Waals surface area contributed by atoms with Gasteiger partial charge in [0.1, 0.15) is 0 Å². The molecule has 0 unspecified atom stereocenters. The highest BCUT2D eigenvalue weighted by Gasteiger charge is 2.16.